The molecular weight excluding hydrogens is 267 g/mol. The number of halogens is 2. The van der Waals surface area contributed by atoms with Gasteiger partial charge >= 0.3 is 68.9 Å². The molecule has 0 aromatic carbocycles. The number of hydrogen-bond acceptors (Lipinski definition) is 2. The summed E-state index contributed by atoms with van der Waals surface area (Å²) in [6.07, 6.45) is -3.94. The molecule has 0 amide bonds. The van der Waals surface area contributed by atoms with Gasteiger partial charge in [0.1, 0.15) is 0 Å². The van der Waals surface area contributed by atoms with Crippen LogP contribution in [0.2, 0.25) is 0 Å². The van der Waals surface area contributed by atoms with Crippen LogP contribution in [0.1, 0.15) is 0 Å². The molecule has 2 nitrogen and oxygen atoms in total. The maximum absolute atomic E-state index is 9.19. The largest absolute Gasteiger partial charge is 1.00 e. The molecule has 0 saturated heterocycles. The maximum Gasteiger partial charge on any atom is 1.00 e. The summed E-state index contributed by atoms with van der Waals surface area (Å²) in [5, 5.41) is 0. The van der Waals surface area contributed by atoms with Crippen molar-refractivity contribution in [2.45, 2.75) is 0 Å². The van der Waals surface area contributed by atoms with Gasteiger partial charge in [0.15, 0.2) is 6.07 Å². The molecule has 0 radical (unpaired) electrons. The Morgan fingerprint density at radius 2 is 1.50 bits per heavy atom. The SMILES string of the molecule is O=P([O-])(Cl)Cl.[Cs+]. The first kappa shape index (κ1) is 11.6. The van der Waals surface area contributed by atoms with E-state index >= 15 is 0 Å². The molecular formula is Cl2CsO2P. The van der Waals surface area contributed by atoms with Gasteiger partial charge in [0.2, 0.25) is 0 Å². The van der Waals surface area contributed by atoms with Crippen molar-refractivity contribution >= 4 is 28.6 Å². The van der Waals surface area contributed by atoms with Gasteiger partial charge in [0.25, 0.3) is 0 Å². The van der Waals surface area contributed by atoms with Crippen molar-refractivity contribution in [3.05, 3.63) is 0 Å². The summed E-state index contributed by atoms with van der Waals surface area (Å²) in [6, 6.07) is 0. The predicted octanol–water partition coefficient (Wildman–Crippen LogP) is -2.06. The summed E-state index contributed by atoms with van der Waals surface area (Å²) in [5.41, 5.74) is 0. The monoisotopic (exact) mass is 266 g/mol. The summed E-state index contributed by atoms with van der Waals surface area (Å²) >= 11 is 8.59. The minimum absolute atomic E-state index is 0. The van der Waals surface area contributed by atoms with Gasteiger partial charge in [0.05, 0.1) is 0 Å². The number of hydrogen-bond donors (Lipinski definition) is 0. The Balaban J connectivity index is 0. The van der Waals surface area contributed by atoms with Gasteiger partial charge in [-0.3, -0.25) is 0 Å². The van der Waals surface area contributed by atoms with Crippen molar-refractivity contribution in [3.8, 4) is 0 Å². The van der Waals surface area contributed by atoms with Crippen molar-refractivity contribution in [1.29, 1.82) is 0 Å². The van der Waals surface area contributed by atoms with E-state index in [1.165, 1.54) is 0 Å². The molecule has 0 aliphatic carbocycles. The Labute approximate surface area is 104 Å². The molecule has 0 fully saturated rings. The fraction of sp³-hybridized carbons (Fsp3) is 0. The Kier molecular flexibility index (Phi) is 9.04. The second kappa shape index (κ2) is 4.68. The first-order valence-electron chi connectivity index (χ1n) is 0.703. The van der Waals surface area contributed by atoms with Crippen LogP contribution in [0.4, 0.5) is 0 Å². The van der Waals surface area contributed by atoms with Crippen LogP contribution in [0.5, 0.6) is 0 Å². The van der Waals surface area contributed by atoms with E-state index in [9.17, 15) is 9.46 Å². The molecule has 0 heterocycles. The van der Waals surface area contributed by atoms with Crippen molar-refractivity contribution in [3.63, 3.8) is 0 Å². The fourth-order valence-electron chi connectivity index (χ4n) is 0. The van der Waals surface area contributed by atoms with Crippen molar-refractivity contribution in [2.75, 3.05) is 0 Å². The van der Waals surface area contributed by atoms with Crippen molar-refractivity contribution in [1.82, 2.24) is 0 Å². The van der Waals surface area contributed by atoms with Gasteiger partial charge < -0.3 is 9.46 Å². The summed E-state index contributed by atoms with van der Waals surface area (Å²) in [5.74, 6) is 0. The molecule has 6 heteroatoms. The molecule has 32 valence electrons. The zero-order valence-corrected chi connectivity index (χ0v) is 11.7. The molecule has 0 aliphatic rings. The van der Waals surface area contributed by atoms with E-state index in [-0.39, 0.29) is 68.9 Å². The molecule has 0 saturated carbocycles. The first-order valence-corrected chi connectivity index (χ1v) is 4.14. The summed E-state index contributed by atoms with van der Waals surface area (Å²) in [4.78, 5) is 9.19. The third-order valence-corrected chi connectivity index (χ3v) is 0. The minimum Gasteiger partial charge on any atom is -0.776 e. The summed E-state index contributed by atoms with van der Waals surface area (Å²) in [7, 11) is 0. The van der Waals surface area contributed by atoms with E-state index in [0.717, 1.165) is 0 Å². The minimum atomic E-state index is -3.94. The first-order chi connectivity index (χ1) is 2.00. The molecule has 0 unspecified atom stereocenters. The van der Waals surface area contributed by atoms with E-state index < -0.39 is 6.07 Å². The average Bonchev–Trinajstić information content (AvgIpc) is 0.722. The third kappa shape index (κ3) is 29.0. The fourth-order valence-corrected chi connectivity index (χ4v) is 0. The average molecular weight is 267 g/mol. The van der Waals surface area contributed by atoms with Crippen LogP contribution in [0, 0.1) is 0 Å². The zero-order valence-electron chi connectivity index (χ0n) is 3.02. The van der Waals surface area contributed by atoms with Gasteiger partial charge in [-0.1, -0.05) is 22.5 Å². The quantitative estimate of drug-likeness (QED) is 0.473. The maximum atomic E-state index is 9.19. The number of rotatable bonds is 0. The molecule has 0 rings (SSSR count). The molecule has 6 heavy (non-hydrogen) atoms. The third-order valence-electron chi connectivity index (χ3n) is 0. The second-order valence-corrected chi connectivity index (χ2v) is 4.43. The molecule has 0 N–H and O–H groups in total. The van der Waals surface area contributed by atoms with E-state index in [1.54, 1.807) is 0 Å². The van der Waals surface area contributed by atoms with Gasteiger partial charge in [-0.15, -0.1) is 0 Å². The van der Waals surface area contributed by atoms with Crippen molar-refractivity contribution < 1.29 is 78.4 Å². The Bertz CT molecular complexity index is 57.7. The van der Waals surface area contributed by atoms with Crippen LogP contribution in [-0.4, -0.2) is 0 Å². The molecule has 0 atom stereocenters. The van der Waals surface area contributed by atoms with Crippen LogP contribution >= 0.6 is 28.6 Å². The standard InChI is InChI=1S/Cl2HO2P.Cs/c1-5(2,3)4;/h(H,3,4);/q;+1/p-1. The second-order valence-electron chi connectivity index (χ2n) is 0.414. The Morgan fingerprint density at radius 3 is 1.50 bits per heavy atom. The van der Waals surface area contributed by atoms with Crippen molar-refractivity contribution in [2.24, 2.45) is 0 Å². The zero-order chi connectivity index (χ0) is 4.50. The van der Waals surface area contributed by atoms with Crippen LogP contribution in [0.15, 0.2) is 0 Å². The predicted molar refractivity (Wildman–Crippen MR) is 19.3 cm³/mol. The summed E-state index contributed by atoms with van der Waals surface area (Å²) in [6.45, 7) is 0. The van der Waals surface area contributed by atoms with E-state index in [4.69, 9.17) is 0 Å². The normalized spacial score (nSPS) is 9.83. The van der Waals surface area contributed by atoms with Crippen LogP contribution < -0.4 is 73.8 Å². The van der Waals surface area contributed by atoms with E-state index in [0.29, 0.717) is 0 Å². The smallest absolute Gasteiger partial charge is 0.776 e. The van der Waals surface area contributed by atoms with Gasteiger partial charge in [-0.05, 0) is 0 Å². The molecule has 0 aromatic heterocycles. The molecule has 0 spiro atoms. The van der Waals surface area contributed by atoms with E-state index in [1.807, 2.05) is 0 Å². The van der Waals surface area contributed by atoms with Gasteiger partial charge in [-0.2, -0.15) is 0 Å². The van der Waals surface area contributed by atoms with Crippen LogP contribution in [-0.2, 0) is 4.57 Å². The summed E-state index contributed by atoms with van der Waals surface area (Å²) < 4.78 is 9.19. The molecule has 0 aromatic rings. The van der Waals surface area contributed by atoms with Gasteiger partial charge in [-0.25, -0.2) is 0 Å². The molecule has 0 bridgehead atoms. The topological polar surface area (TPSA) is 40.1 Å². The van der Waals surface area contributed by atoms with E-state index in [2.05, 4.69) is 22.5 Å². The Morgan fingerprint density at radius 1 is 1.50 bits per heavy atom. The molecule has 0 aliphatic heterocycles. The van der Waals surface area contributed by atoms with Crippen LogP contribution in [0.25, 0.3) is 0 Å². The van der Waals surface area contributed by atoms with Gasteiger partial charge in [0, 0.05) is 0 Å². The van der Waals surface area contributed by atoms with Crippen LogP contribution in [0.3, 0.4) is 0 Å². The Hall–Kier alpha value is 2.82.